The molecule has 1 aliphatic rings. The number of hydrogen-bond donors (Lipinski definition) is 1. The number of sulfone groups is 1. The molecule has 1 fully saturated rings. The first-order valence-corrected chi connectivity index (χ1v) is 14.1. The topological polar surface area (TPSA) is 104 Å². The highest BCUT2D eigenvalue weighted by atomic mass is 32.2. The molecular weight excluding hydrogens is 488 g/mol. The lowest BCUT2D eigenvalue weighted by molar-refractivity contribution is -0.128. The summed E-state index contributed by atoms with van der Waals surface area (Å²) in [6, 6.07) is 9.95. The number of amides is 1. The number of rotatable bonds is 10. The van der Waals surface area contributed by atoms with E-state index in [9.17, 15) is 13.2 Å². The summed E-state index contributed by atoms with van der Waals surface area (Å²) < 4.78 is 42.1. The molecule has 0 aliphatic heterocycles. The van der Waals surface area contributed by atoms with Crippen molar-refractivity contribution in [3.05, 3.63) is 42.0 Å². The van der Waals surface area contributed by atoms with Crippen LogP contribution in [0, 0.1) is 5.92 Å². The Balaban J connectivity index is 1.58. The molecule has 10 heteroatoms. The van der Waals surface area contributed by atoms with Crippen LogP contribution in [0.15, 0.2) is 41.3 Å². The number of aromatic nitrogens is 1. The minimum Gasteiger partial charge on any atom is -0.493 e. The van der Waals surface area contributed by atoms with E-state index in [1.54, 1.807) is 39.3 Å². The van der Waals surface area contributed by atoms with Gasteiger partial charge < -0.3 is 14.2 Å². The fourth-order valence-electron chi connectivity index (χ4n) is 4.23. The Labute approximate surface area is 209 Å². The molecule has 1 aromatic heterocycles. The van der Waals surface area contributed by atoms with Gasteiger partial charge in [0.05, 0.1) is 41.7 Å². The largest absolute Gasteiger partial charge is 0.493 e. The number of nitrogens with zero attached hydrogens (tertiary/aromatic N) is 1. The molecule has 0 saturated heterocycles. The van der Waals surface area contributed by atoms with E-state index >= 15 is 0 Å². The minimum absolute atomic E-state index is 0.0155. The first-order chi connectivity index (χ1) is 16.8. The van der Waals surface area contributed by atoms with E-state index in [0.29, 0.717) is 40.2 Å². The van der Waals surface area contributed by atoms with Crippen LogP contribution in [0.4, 0.5) is 5.13 Å². The zero-order valence-corrected chi connectivity index (χ0v) is 21.7. The van der Waals surface area contributed by atoms with Crippen LogP contribution in [-0.2, 0) is 19.4 Å². The third-order valence-corrected chi connectivity index (χ3v) is 8.94. The first-order valence-electron chi connectivity index (χ1n) is 11.6. The molecule has 1 aliphatic carbocycles. The lowest BCUT2D eigenvalue weighted by Gasteiger charge is -2.20. The molecule has 1 amide bonds. The van der Waals surface area contributed by atoms with Crippen LogP contribution < -0.4 is 14.8 Å². The third kappa shape index (κ3) is 5.76. The van der Waals surface area contributed by atoms with Gasteiger partial charge in [-0.1, -0.05) is 43.2 Å². The number of anilines is 1. The van der Waals surface area contributed by atoms with Crippen LogP contribution in [0.1, 0.15) is 44.3 Å². The maximum absolute atomic E-state index is 13.3. The van der Waals surface area contributed by atoms with E-state index in [-0.39, 0.29) is 16.6 Å². The van der Waals surface area contributed by atoms with Crippen LogP contribution in [-0.4, -0.2) is 45.9 Å². The van der Waals surface area contributed by atoms with Crippen molar-refractivity contribution in [1.82, 2.24) is 4.98 Å². The normalized spacial score (nSPS) is 15.3. The van der Waals surface area contributed by atoms with Crippen LogP contribution in [0.2, 0.25) is 0 Å². The quantitative estimate of drug-likeness (QED) is 0.403. The summed E-state index contributed by atoms with van der Waals surface area (Å²) in [4.78, 5) is 18.1. The van der Waals surface area contributed by atoms with Gasteiger partial charge in [-0.3, -0.25) is 10.1 Å². The molecule has 0 bridgehead atoms. The monoisotopic (exact) mass is 518 g/mol. The SMILES string of the molecule is CCS(=O)(=O)c1ccc(C(OCC2CCCC2)C(=O)Nc2nc3cc(OC)c(OC)cc3s2)cc1. The Kier molecular flexibility index (Phi) is 7.93. The smallest absolute Gasteiger partial charge is 0.259 e. The van der Waals surface area contributed by atoms with Gasteiger partial charge in [0.2, 0.25) is 0 Å². The van der Waals surface area contributed by atoms with Gasteiger partial charge in [0.15, 0.2) is 32.6 Å². The molecule has 1 saturated carbocycles. The van der Waals surface area contributed by atoms with Crippen molar-refractivity contribution in [3.8, 4) is 11.5 Å². The second-order valence-corrected chi connectivity index (χ2v) is 11.8. The number of carbonyl (C=O) groups excluding carboxylic acids is 1. The summed E-state index contributed by atoms with van der Waals surface area (Å²) in [5.74, 6) is 1.23. The van der Waals surface area contributed by atoms with E-state index in [4.69, 9.17) is 14.2 Å². The molecule has 35 heavy (non-hydrogen) atoms. The molecule has 2 aromatic carbocycles. The van der Waals surface area contributed by atoms with Crippen molar-refractivity contribution < 1.29 is 27.4 Å². The predicted molar refractivity (Wildman–Crippen MR) is 136 cm³/mol. The highest BCUT2D eigenvalue weighted by Crippen LogP contribution is 2.36. The van der Waals surface area contributed by atoms with Crippen LogP contribution in [0.5, 0.6) is 11.5 Å². The van der Waals surface area contributed by atoms with Gasteiger partial charge >= 0.3 is 0 Å². The summed E-state index contributed by atoms with van der Waals surface area (Å²) in [6.45, 7) is 2.08. The summed E-state index contributed by atoms with van der Waals surface area (Å²) in [5, 5.41) is 3.31. The van der Waals surface area contributed by atoms with Gasteiger partial charge in [0.25, 0.3) is 5.91 Å². The molecule has 1 N–H and O–H groups in total. The fourth-order valence-corrected chi connectivity index (χ4v) is 5.99. The van der Waals surface area contributed by atoms with E-state index in [1.165, 1.54) is 36.3 Å². The summed E-state index contributed by atoms with van der Waals surface area (Å²) in [6.07, 6.45) is 3.64. The van der Waals surface area contributed by atoms with Gasteiger partial charge in [0, 0.05) is 12.1 Å². The third-order valence-electron chi connectivity index (χ3n) is 6.26. The van der Waals surface area contributed by atoms with E-state index in [0.717, 1.165) is 17.5 Å². The zero-order valence-electron chi connectivity index (χ0n) is 20.1. The molecule has 8 nitrogen and oxygen atoms in total. The molecular formula is C25H30N2O6S2. The van der Waals surface area contributed by atoms with Gasteiger partial charge in [-0.25, -0.2) is 13.4 Å². The average Bonchev–Trinajstić information content (AvgIpc) is 3.52. The summed E-state index contributed by atoms with van der Waals surface area (Å²) in [7, 11) is -0.208. The number of hydrogen-bond acceptors (Lipinski definition) is 8. The number of benzene rings is 2. The van der Waals surface area contributed by atoms with Crippen molar-refractivity contribution in [2.24, 2.45) is 5.92 Å². The summed E-state index contributed by atoms with van der Waals surface area (Å²) in [5.41, 5.74) is 1.28. The molecule has 0 spiro atoms. The highest BCUT2D eigenvalue weighted by molar-refractivity contribution is 7.91. The number of methoxy groups -OCH3 is 2. The molecule has 1 heterocycles. The average molecular weight is 519 g/mol. The minimum atomic E-state index is -3.33. The fraction of sp³-hybridized carbons (Fsp3) is 0.440. The Morgan fingerprint density at radius 2 is 1.77 bits per heavy atom. The predicted octanol–water partition coefficient (Wildman–Crippen LogP) is 4.99. The van der Waals surface area contributed by atoms with Gasteiger partial charge in [0.1, 0.15) is 0 Å². The molecule has 3 aromatic rings. The Morgan fingerprint density at radius 3 is 2.40 bits per heavy atom. The Hall–Kier alpha value is -2.69. The molecule has 0 radical (unpaired) electrons. The lowest BCUT2D eigenvalue weighted by Crippen LogP contribution is -2.25. The second-order valence-electron chi connectivity index (χ2n) is 8.52. The van der Waals surface area contributed by atoms with E-state index in [2.05, 4.69) is 10.3 Å². The van der Waals surface area contributed by atoms with Gasteiger partial charge in [-0.05, 0) is 36.5 Å². The van der Waals surface area contributed by atoms with Crippen molar-refractivity contribution >= 4 is 42.4 Å². The highest BCUT2D eigenvalue weighted by Gasteiger charge is 2.26. The Bertz CT molecular complexity index is 1240. The van der Waals surface area contributed by atoms with Crippen LogP contribution >= 0.6 is 11.3 Å². The van der Waals surface area contributed by atoms with Crippen LogP contribution in [0.3, 0.4) is 0 Å². The zero-order chi connectivity index (χ0) is 25.0. The van der Waals surface area contributed by atoms with E-state index < -0.39 is 15.9 Å². The number of fused-ring (bicyclic) bond motifs is 1. The molecule has 1 atom stereocenters. The standard InChI is InChI=1S/C25H30N2O6S2/c1-4-35(29,30)18-11-9-17(10-12-18)23(33-15-16-7-5-6-8-16)24(28)27-25-26-19-13-20(31-2)21(32-3)14-22(19)34-25/h9-14,16,23H,4-8,15H2,1-3H3,(H,26,27,28). The number of thiazole rings is 1. The first kappa shape index (κ1) is 25.4. The Morgan fingerprint density at radius 1 is 1.11 bits per heavy atom. The maximum atomic E-state index is 13.3. The maximum Gasteiger partial charge on any atom is 0.259 e. The van der Waals surface area contributed by atoms with Gasteiger partial charge in [-0.15, -0.1) is 0 Å². The van der Waals surface area contributed by atoms with Crippen molar-refractivity contribution in [3.63, 3.8) is 0 Å². The van der Waals surface area contributed by atoms with Gasteiger partial charge in [-0.2, -0.15) is 0 Å². The summed E-state index contributed by atoms with van der Waals surface area (Å²) >= 11 is 1.33. The number of carbonyl (C=O) groups is 1. The molecule has 4 rings (SSSR count). The van der Waals surface area contributed by atoms with Crippen molar-refractivity contribution in [2.45, 2.75) is 43.6 Å². The number of ether oxygens (including phenoxy) is 3. The lowest BCUT2D eigenvalue weighted by atomic mass is 10.1. The second kappa shape index (κ2) is 10.9. The van der Waals surface area contributed by atoms with E-state index in [1.807, 2.05) is 6.07 Å². The van der Waals surface area contributed by atoms with Crippen molar-refractivity contribution in [2.75, 3.05) is 31.9 Å². The van der Waals surface area contributed by atoms with Crippen molar-refractivity contribution in [1.29, 1.82) is 0 Å². The number of nitrogens with one attached hydrogen (secondary N) is 1. The van der Waals surface area contributed by atoms with Crippen LogP contribution in [0.25, 0.3) is 10.2 Å². The molecule has 188 valence electrons. The molecule has 1 unspecified atom stereocenters.